The van der Waals surface area contributed by atoms with Crippen LogP contribution < -0.4 is 5.73 Å². The zero-order chi connectivity index (χ0) is 13.0. The summed E-state index contributed by atoms with van der Waals surface area (Å²) in [6.07, 6.45) is 9.49. The van der Waals surface area contributed by atoms with Crippen LogP contribution >= 0.6 is 0 Å². The highest BCUT2D eigenvalue weighted by Crippen LogP contribution is 2.42. The quantitative estimate of drug-likeness (QED) is 0.577. The number of nitrogens with two attached hydrogens (primary N) is 1. The number of hydrogen-bond donors (Lipinski definition) is 1. The molecule has 2 fully saturated rings. The van der Waals surface area contributed by atoms with E-state index in [1.165, 1.54) is 43.4 Å². The zero-order valence-electron chi connectivity index (χ0n) is 11.4. The zero-order valence-corrected chi connectivity index (χ0v) is 11.4. The molecule has 2 rings (SSSR count). The Bertz CT molecular complexity index is 343. The third kappa shape index (κ3) is 4.11. The number of likely N-dealkylation sites (tertiary alicyclic amines) is 1. The van der Waals surface area contributed by atoms with Crippen LogP contribution in [0.1, 0.15) is 25.7 Å². The van der Waals surface area contributed by atoms with Crippen molar-refractivity contribution in [3.63, 3.8) is 0 Å². The first-order valence-electron chi connectivity index (χ1n) is 7.14. The first kappa shape index (κ1) is 13.6. The molecule has 1 saturated carbocycles. The molecule has 1 heterocycles. The summed E-state index contributed by atoms with van der Waals surface area (Å²) in [6.45, 7) is 12.3. The van der Waals surface area contributed by atoms with E-state index in [1.54, 1.807) is 0 Å². The van der Waals surface area contributed by atoms with E-state index in [2.05, 4.69) is 30.2 Å². The average molecular weight is 246 g/mol. The Morgan fingerprint density at radius 3 is 3.06 bits per heavy atom. The fourth-order valence-corrected chi connectivity index (χ4v) is 2.81. The third-order valence-corrected chi connectivity index (χ3v) is 3.97. The van der Waals surface area contributed by atoms with Crippen LogP contribution in [0.4, 0.5) is 0 Å². The summed E-state index contributed by atoms with van der Waals surface area (Å²) < 4.78 is 0. The van der Waals surface area contributed by atoms with E-state index in [1.807, 2.05) is 0 Å². The highest BCUT2D eigenvalue weighted by Gasteiger charge is 2.33. The summed E-state index contributed by atoms with van der Waals surface area (Å²) in [5, 5.41) is 0. The minimum absolute atomic E-state index is 0.765. The molecule has 0 aromatic carbocycles. The van der Waals surface area contributed by atoms with Crippen molar-refractivity contribution in [2.24, 2.45) is 17.6 Å². The molecule has 2 nitrogen and oxygen atoms in total. The van der Waals surface area contributed by atoms with Gasteiger partial charge >= 0.3 is 0 Å². The van der Waals surface area contributed by atoms with Crippen LogP contribution in [-0.4, -0.2) is 31.1 Å². The van der Waals surface area contributed by atoms with Gasteiger partial charge in [0.15, 0.2) is 0 Å². The first-order valence-corrected chi connectivity index (χ1v) is 7.14. The molecule has 1 saturated heterocycles. The molecule has 0 bridgehead atoms. The van der Waals surface area contributed by atoms with Gasteiger partial charge in [-0.15, -0.1) is 0 Å². The number of allylic oxidation sites excluding steroid dienone is 1. The van der Waals surface area contributed by atoms with Gasteiger partial charge < -0.3 is 5.73 Å². The van der Waals surface area contributed by atoms with Gasteiger partial charge in [-0.2, -0.15) is 0 Å². The van der Waals surface area contributed by atoms with Crippen molar-refractivity contribution in [3.8, 4) is 0 Å². The molecule has 0 aromatic rings. The van der Waals surface area contributed by atoms with Crippen molar-refractivity contribution < 1.29 is 0 Å². The lowest BCUT2D eigenvalue weighted by Gasteiger charge is -2.28. The second-order valence-corrected chi connectivity index (χ2v) is 5.82. The summed E-state index contributed by atoms with van der Waals surface area (Å²) in [5.74, 6) is 1.61. The maximum absolute atomic E-state index is 5.57. The van der Waals surface area contributed by atoms with Crippen LogP contribution in [0.2, 0.25) is 0 Å². The van der Waals surface area contributed by atoms with Gasteiger partial charge in [0, 0.05) is 13.1 Å². The normalized spacial score (nSPS) is 28.8. The smallest absolute Gasteiger partial charge is 0.0231 e. The standard InChI is InChI=1S/C16H26N2/c1-13-4-3-9-18(11-13)12-14(2)5-6-15-10-16(15)7-8-17/h5-6,15-16H,1-4,7-12,17H2. The molecule has 2 heteroatoms. The Morgan fingerprint density at radius 2 is 2.33 bits per heavy atom. The van der Waals surface area contributed by atoms with Crippen LogP contribution in [0.5, 0.6) is 0 Å². The Labute approximate surface area is 111 Å². The van der Waals surface area contributed by atoms with Crippen molar-refractivity contribution in [3.05, 3.63) is 36.5 Å². The summed E-state index contributed by atoms with van der Waals surface area (Å²) in [5.41, 5.74) is 8.16. The van der Waals surface area contributed by atoms with Gasteiger partial charge in [0.2, 0.25) is 0 Å². The average Bonchev–Trinajstić information content (AvgIpc) is 3.06. The van der Waals surface area contributed by atoms with Crippen LogP contribution in [0.25, 0.3) is 0 Å². The van der Waals surface area contributed by atoms with E-state index in [-0.39, 0.29) is 0 Å². The highest BCUT2D eigenvalue weighted by atomic mass is 15.1. The maximum atomic E-state index is 5.57. The van der Waals surface area contributed by atoms with E-state index in [0.29, 0.717) is 0 Å². The SMILES string of the molecule is C=C(C=CC1CC1CCN)CN1CCCC(=C)C1. The van der Waals surface area contributed by atoms with E-state index >= 15 is 0 Å². The number of hydrogen-bond acceptors (Lipinski definition) is 2. The second-order valence-electron chi connectivity index (χ2n) is 5.82. The molecular formula is C16H26N2. The fourth-order valence-electron chi connectivity index (χ4n) is 2.81. The van der Waals surface area contributed by atoms with Crippen molar-refractivity contribution in [2.45, 2.75) is 25.7 Å². The van der Waals surface area contributed by atoms with Crippen LogP contribution in [0.15, 0.2) is 36.5 Å². The third-order valence-electron chi connectivity index (χ3n) is 3.97. The number of nitrogens with zero attached hydrogens (tertiary/aromatic N) is 1. The summed E-state index contributed by atoms with van der Waals surface area (Å²) in [4.78, 5) is 2.45. The molecule has 0 amide bonds. The Morgan fingerprint density at radius 1 is 1.50 bits per heavy atom. The molecule has 0 aromatic heterocycles. The van der Waals surface area contributed by atoms with Crippen LogP contribution in [-0.2, 0) is 0 Å². The van der Waals surface area contributed by atoms with Gasteiger partial charge in [0.25, 0.3) is 0 Å². The Kier molecular flexibility index (Phi) is 4.79. The predicted molar refractivity (Wildman–Crippen MR) is 78.4 cm³/mol. The van der Waals surface area contributed by atoms with Gasteiger partial charge in [-0.3, -0.25) is 4.90 Å². The molecule has 1 aliphatic carbocycles. The fraction of sp³-hybridized carbons (Fsp3) is 0.625. The molecule has 1 aliphatic heterocycles. The van der Waals surface area contributed by atoms with Crippen molar-refractivity contribution >= 4 is 0 Å². The monoisotopic (exact) mass is 246 g/mol. The number of rotatable bonds is 6. The minimum Gasteiger partial charge on any atom is -0.330 e. The minimum atomic E-state index is 0.765. The van der Waals surface area contributed by atoms with E-state index in [4.69, 9.17) is 5.73 Å². The summed E-state index contributed by atoms with van der Waals surface area (Å²) in [6, 6.07) is 0. The van der Waals surface area contributed by atoms with Crippen molar-refractivity contribution in [1.29, 1.82) is 0 Å². The van der Waals surface area contributed by atoms with E-state index < -0.39 is 0 Å². The lowest BCUT2D eigenvalue weighted by molar-refractivity contribution is 0.289. The second kappa shape index (κ2) is 6.35. The van der Waals surface area contributed by atoms with Crippen LogP contribution in [0, 0.1) is 11.8 Å². The van der Waals surface area contributed by atoms with Gasteiger partial charge in [-0.05, 0) is 56.2 Å². The molecule has 2 aliphatic rings. The summed E-state index contributed by atoms with van der Waals surface area (Å²) in [7, 11) is 0. The van der Waals surface area contributed by atoms with Gasteiger partial charge in [0.05, 0.1) is 0 Å². The van der Waals surface area contributed by atoms with Crippen LogP contribution in [0.3, 0.4) is 0 Å². The first-order chi connectivity index (χ1) is 8.69. The molecule has 0 spiro atoms. The predicted octanol–water partition coefficient (Wildman–Crippen LogP) is 2.74. The van der Waals surface area contributed by atoms with Crippen molar-refractivity contribution in [2.75, 3.05) is 26.2 Å². The largest absolute Gasteiger partial charge is 0.330 e. The topological polar surface area (TPSA) is 29.3 Å². The molecule has 2 unspecified atom stereocenters. The molecule has 2 atom stereocenters. The lowest BCUT2D eigenvalue weighted by Crippen LogP contribution is -2.32. The Hall–Kier alpha value is -0.860. The molecular weight excluding hydrogens is 220 g/mol. The lowest BCUT2D eigenvalue weighted by atomic mass is 10.1. The highest BCUT2D eigenvalue weighted by molar-refractivity contribution is 5.20. The molecule has 2 N–H and O–H groups in total. The van der Waals surface area contributed by atoms with Gasteiger partial charge in [-0.25, -0.2) is 0 Å². The van der Waals surface area contributed by atoms with Crippen molar-refractivity contribution in [1.82, 2.24) is 4.90 Å². The van der Waals surface area contributed by atoms with Gasteiger partial charge in [-0.1, -0.05) is 30.9 Å². The van der Waals surface area contributed by atoms with E-state index in [9.17, 15) is 0 Å². The van der Waals surface area contributed by atoms with Gasteiger partial charge in [0.1, 0.15) is 0 Å². The molecule has 0 radical (unpaired) electrons. The molecule has 18 heavy (non-hydrogen) atoms. The van der Waals surface area contributed by atoms with E-state index in [0.717, 1.165) is 31.5 Å². The molecule has 100 valence electrons. The Balaban J connectivity index is 1.69. The maximum Gasteiger partial charge on any atom is 0.0231 e. The number of piperidine rings is 1. The summed E-state index contributed by atoms with van der Waals surface area (Å²) >= 11 is 0.